The first-order chi connectivity index (χ1) is 8.11. The van der Waals surface area contributed by atoms with Crippen molar-refractivity contribution in [1.82, 2.24) is 15.2 Å². The summed E-state index contributed by atoms with van der Waals surface area (Å²) in [6.45, 7) is 0.0320. The SMILES string of the molecule is NNc1ccc(Cl)c(CN2C(=O)CNC2=O)n1. The van der Waals surface area contributed by atoms with Crippen LogP contribution in [0.3, 0.4) is 0 Å². The third-order valence-electron chi connectivity index (χ3n) is 2.31. The highest BCUT2D eigenvalue weighted by molar-refractivity contribution is 6.31. The van der Waals surface area contributed by atoms with Crippen LogP contribution in [0.15, 0.2) is 12.1 Å². The first-order valence-corrected chi connectivity index (χ1v) is 5.20. The van der Waals surface area contributed by atoms with Crippen LogP contribution in [-0.4, -0.2) is 28.4 Å². The number of imide groups is 1. The molecule has 0 saturated carbocycles. The van der Waals surface area contributed by atoms with E-state index in [1.165, 1.54) is 0 Å². The maximum atomic E-state index is 11.4. The Morgan fingerprint density at radius 2 is 2.29 bits per heavy atom. The highest BCUT2D eigenvalue weighted by atomic mass is 35.5. The molecular weight excluding hydrogens is 246 g/mol. The molecule has 1 aliphatic rings. The first kappa shape index (κ1) is 11.6. The van der Waals surface area contributed by atoms with Crippen LogP contribution in [0, 0.1) is 0 Å². The molecule has 0 radical (unpaired) electrons. The molecule has 2 heterocycles. The van der Waals surface area contributed by atoms with E-state index < -0.39 is 6.03 Å². The summed E-state index contributed by atoms with van der Waals surface area (Å²) in [5, 5.41) is 2.79. The average molecular weight is 256 g/mol. The minimum Gasteiger partial charge on any atom is -0.329 e. The summed E-state index contributed by atoms with van der Waals surface area (Å²) in [4.78, 5) is 27.9. The summed E-state index contributed by atoms with van der Waals surface area (Å²) in [6.07, 6.45) is 0. The number of hydrogen-bond acceptors (Lipinski definition) is 5. The van der Waals surface area contributed by atoms with E-state index in [0.29, 0.717) is 16.5 Å². The average Bonchev–Trinajstić information content (AvgIpc) is 2.63. The molecule has 8 heteroatoms. The molecule has 3 amide bonds. The number of anilines is 1. The van der Waals surface area contributed by atoms with Crippen molar-refractivity contribution in [3.05, 3.63) is 22.8 Å². The van der Waals surface area contributed by atoms with E-state index in [9.17, 15) is 9.59 Å². The van der Waals surface area contributed by atoms with Crippen molar-refractivity contribution in [3.63, 3.8) is 0 Å². The lowest BCUT2D eigenvalue weighted by Gasteiger charge is -2.13. The number of halogens is 1. The number of aromatic nitrogens is 1. The molecule has 1 aliphatic heterocycles. The molecule has 0 atom stereocenters. The fraction of sp³-hybridized carbons (Fsp3) is 0.222. The molecule has 7 nitrogen and oxygen atoms in total. The fourth-order valence-electron chi connectivity index (χ4n) is 1.44. The number of amides is 3. The minimum atomic E-state index is -0.445. The van der Waals surface area contributed by atoms with Crippen molar-refractivity contribution in [2.24, 2.45) is 5.84 Å². The Bertz CT molecular complexity index is 462. The Balaban J connectivity index is 2.23. The molecule has 2 rings (SSSR count). The molecule has 17 heavy (non-hydrogen) atoms. The predicted octanol–water partition coefficient (Wildman–Crippen LogP) is 0.0724. The van der Waals surface area contributed by atoms with Gasteiger partial charge in [-0.05, 0) is 12.1 Å². The van der Waals surface area contributed by atoms with Gasteiger partial charge >= 0.3 is 6.03 Å². The zero-order valence-electron chi connectivity index (χ0n) is 8.74. The van der Waals surface area contributed by atoms with Crippen molar-refractivity contribution in [2.75, 3.05) is 12.0 Å². The molecule has 90 valence electrons. The van der Waals surface area contributed by atoms with Gasteiger partial charge in [-0.2, -0.15) is 0 Å². The zero-order valence-corrected chi connectivity index (χ0v) is 9.49. The number of carbonyl (C=O) groups excluding carboxylic acids is 2. The van der Waals surface area contributed by atoms with Crippen molar-refractivity contribution in [1.29, 1.82) is 0 Å². The Labute approximate surface area is 102 Å². The molecule has 0 spiro atoms. The zero-order chi connectivity index (χ0) is 12.4. The van der Waals surface area contributed by atoms with Crippen LogP contribution < -0.4 is 16.6 Å². The molecule has 4 N–H and O–H groups in total. The second-order valence-electron chi connectivity index (χ2n) is 3.41. The van der Waals surface area contributed by atoms with Gasteiger partial charge in [0.15, 0.2) is 0 Å². The number of nitrogens with zero attached hydrogens (tertiary/aromatic N) is 2. The molecule has 0 aliphatic carbocycles. The van der Waals surface area contributed by atoms with E-state index in [1.807, 2.05) is 0 Å². The number of rotatable bonds is 3. The number of nitrogens with two attached hydrogens (primary N) is 1. The third kappa shape index (κ3) is 2.29. The Kier molecular flexibility index (Phi) is 3.12. The number of pyridine rings is 1. The summed E-state index contributed by atoms with van der Waals surface area (Å²) in [7, 11) is 0. The van der Waals surface area contributed by atoms with E-state index >= 15 is 0 Å². The Morgan fingerprint density at radius 3 is 2.88 bits per heavy atom. The molecule has 0 unspecified atom stereocenters. The monoisotopic (exact) mass is 255 g/mol. The van der Waals surface area contributed by atoms with E-state index in [1.54, 1.807) is 12.1 Å². The number of hydrogen-bond donors (Lipinski definition) is 3. The predicted molar refractivity (Wildman–Crippen MR) is 61.0 cm³/mol. The van der Waals surface area contributed by atoms with E-state index in [0.717, 1.165) is 4.90 Å². The molecule has 0 aromatic carbocycles. The molecule has 1 fully saturated rings. The smallest absolute Gasteiger partial charge is 0.324 e. The summed E-state index contributed by atoms with van der Waals surface area (Å²) in [6, 6.07) is 2.74. The van der Waals surface area contributed by atoms with Gasteiger partial charge < -0.3 is 10.7 Å². The third-order valence-corrected chi connectivity index (χ3v) is 2.66. The maximum Gasteiger partial charge on any atom is 0.324 e. The normalized spacial score (nSPS) is 15.1. The summed E-state index contributed by atoms with van der Waals surface area (Å²) >= 11 is 5.93. The van der Waals surface area contributed by atoms with Gasteiger partial charge in [0.2, 0.25) is 5.91 Å². The summed E-state index contributed by atoms with van der Waals surface area (Å²) < 4.78 is 0. The Morgan fingerprint density at radius 1 is 1.53 bits per heavy atom. The van der Waals surface area contributed by atoms with Crippen LogP contribution in [-0.2, 0) is 11.3 Å². The second-order valence-corrected chi connectivity index (χ2v) is 3.82. The van der Waals surface area contributed by atoms with Crippen molar-refractivity contribution in [2.45, 2.75) is 6.54 Å². The van der Waals surface area contributed by atoms with E-state index in [2.05, 4.69) is 15.7 Å². The molecule has 1 aromatic rings. The number of carbonyl (C=O) groups is 2. The van der Waals surface area contributed by atoms with Crippen molar-refractivity contribution in [3.8, 4) is 0 Å². The van der Waals surface area contributed by atoms with Crippen molar-refractivity contribution < 1.29 is 9.59 Å². The lowest BCUT2D eigenvalue weighted by atomic mass is 10.3. The van der Waals surface area contributed by atoms with Crippen molar-refractivity contribution >= 4 is 29.4 Å². The van der Waals surface area contributed by atoms with Gasteiger partial charge in [0.05, 0.1) is 23.8 Å². The lowest BCUT2D eigenvalue weighted by Crippen LogP contribution is -2.31. The first-order valence-electron chi connectivity index (χ1n) is 4.82. The Hall–Kier alpha value is -1.86. The number of hydrazine groups is 1. The van der Waals surface area contributed by atoms with Crippen LogP contribution in [0.4, 0.5) is 10.6 Å². The standard InChI is InChI=1S/C9H10ClN5O2/c10-5-1-2-7(14-11)13-6(5)4-15-8(16)3-12-9(15)17/h1-2H,3-4,11H2,(H,12,17)(H,13,14). The van der Waals surface area contributed by atoms with Crippen LogP contribution in [0.25, 0.3) is 0 Å². The van der Waals surface area contributed by atoms with Gasteiger partial charge in [-0.15, -0.1) is 0 Å². The topological polar surface area (TPSA) is 100 Å². The largest absolute Gasteiger partial charge is 0.329 e. The van der Waals surface area contributed by atoms with Crippen LogP contribution in [0.2, 0.25) is 5.02 Å². The highest BCUT2D eigenvalue weighted by Gasteiger charge is 2.29. The molecule has 0 bridgehead atoms. The fourth-order valence-corrected chi connectivity index (χ4v) is 1.61. The summed E-state index contributed by atoms with van der Waals surface area (Å²) in [5.74, 6) is 5.32. The number of urea groups is 1. The van der Waals surface area contributed by atoms with Gasteiger partial charge in [0.25, 0.3) is 0 Å². The second kappa shape index (κ2) is 4.56. The lowest BCUT2D eigenvalue weighted by molar-refractivity contribution is -0.125. The minimum absolute atomic E-state index is 0.00524. The van der Waals surface area contributed by atoms with Gasteiger partial charge in [-0.1, -0.05) is 11.6 Å². The van der Waals surface area contributed by atoms with Crippen LogP contribution >= 0.6 is 11.6 Å². The molecular formula is C9H10ClN5O2. The van der Waals surface area contributed by atoms with Gasteiger partial charge in [0, 0.05) is 0 Å². The maximum absolute atomic E-state index is 11.4. The number of nitrogen functional groups attached to an aromatic ring is 1. The van der Waals surface area contributed by atoms with Gasteiger partial charge in [-0.25, -0.2) is 15.6 Å². The molecule has 1 saturated heterocycles. The highest BCUT2D eigenvalue weighted by Crippen LogP contribution is 2.18. The van der Waals surface area contributed by atoms with Gasteiger partial charge in [-0.3, -0.25) is 9.69 Å². The molecule has 1 aromatic heterocycles. The van der Waals surface area contributed by atoms with Gasteiger partial charge in [0.1, 0.15) is 5.82 Å². The van der Waals surface area contributed by atoms with E-state index in [4.69, 9.17) is 17.4 Å². The van der Waals surface area contributed by atoms with E-state index in [-0.39, 0.29) is 19.0 Å². The van der Waals surface area contributed by atoms with Crippen LogP contribution in [0.1, 0.15) is 5.69 Å². The van der Waals surface area contributed by atoms with Crippen LogP contribution in [0.5, 0.6) is 0 Å². The number of nitrogens with one attached hydrogen (secondary N) is 2. The summed E-state index contributed by atoms with van der Waals surface area (Å²) in [5.41, 5.74) is 2.78. The quantitative estimate of drug-likeness (QED) is 0.403.